The highest BCUT2D eigenvalue weighted by atomic mass is 35.5. The van der Waals surface area contributed by atoms with E-state index < -0.39 is 24.7 Å². The third-order valence-electron chi connectivity index (χ3n) is 5.30. The van der Waals surface area contributed by atoms with Crippen molar-refractivity contribution in [1.82, 2.24) is 10.3 Å². The van der Waals surface area contributed by atoms with E-state index in [-0.39, 0.29) is 17.1 Å². The Kier molecular flexibility index (Phi) is 6.91. The van der Waals surface area contributed by atoms with Crippen LogP contribution < -0.4 is 5.32 Å². The molecule has 0 aliphatic carbocycles. The van der Waals surface area contributed by atoms with Gasteiger partial charge in [-0.2, -0.15) is 0 Å². The summed E-state index contributed by atoms with van der Waals surface area (Å²) in [5, 5.41) is 12.5. The monoisotopic (exact) mass is 467 g/mol. The number of benzene rings is 2. The third kappa shape index (κ3) is 4.99. The predicted octanol–water partition coefficient (Wildman–Crippen LogP) is 4.56. The van der Waals surface area contributed by atoms with Crippen molar-refractivity contribution in [2.24, 2.45) is 4.99 Å². The lowest BCUT2D eigenvalue weighted by Gasteiger charge is -2.21. The van der Waals surface area contributed by atoms with Crippen molar-refractivity contribution < 1.29 is 18.7 Å². The number of pyridine rings is 1. The second-order valence-corrected chi connectivity index (χ2v) is 7.87. The van der Waals surface area contributed by atoms with Gasteiger partial charge in [0.2, 0.25) is 0 Å². The van der Waals surface area contributed by atoms with Crippen LogP contribution in [-0.2, 0) is 0 Å². The van der Waals surface area contributed by atoms with Crippen LogP contribution in [0.4, 0.5) is 8.78 Å². The molecule has 0 saturated carbocycles. The molecule has 2 heterocycles. The average molecular weight is 468 g/mol. The molecule has 2 atom stereocenters. The maximum Gasteiger partial charge on any atom is 0.252 e. The highest BCUT2D eigenvalue weighted by molar-refractivity contribution is 6.37. The van der Waals surface area contributed by atoms with E-state index in [2.05, 4.69) is 15.3 Å². The van der Waals surface area contributed by atoms with Crippen LogP contribution in [0.5, 0.6) is 0 Å². The van der Waals surface area contributed by atoms with Gasteiger partial charge in [-0.1, -0.05) is 35.9 Å². The van der Waals surface area contributed by atoms with E-state index in [0.29, 0.717) is 22.8 Å². The van der Waals surface area contributed by atoms with Gasteiger partial charge in [0.1, 0.15) is 5.82 Å². The zero-order valence-corrected chi connectivity index (χ0v) is 18.1. The average Bonchev–Trinajstić information content (AvgIpc) is 3.32. The lowest BCUT2D eigenvalue weighted by molar-refractivity contribution is 0.0860. The number of allylic oxidation sites excluding steroid dienone is 1. The van der Waals surface area contributed by atoms with Gasteiger partial charge in [0.15, 0.2) is 6.17 Å². The van der Waals surface area contributed by atoms with E-state index in [9.17, 15) is 18.7 Å². The van der Waals surface area contributed by atoms with E-state index in [1.165, 1.54) is 24.4 Å². The molecule has 5 nitrogen and oxygen atoms in total. The number of carbonyl (C=O) groups excluding carboxylic acids is 1. The molecule has 1 aromatic heterocycles. The van der Waals surface area contributed by atoms with E-state index in [0.717, 1.165) is 11.1 Å². The molecule has 1 aliphatic heterocycles. The van der Waals surface area contributed by atoms with Crippen LogP contribution in [0.25, 0.3) is 5.57 Å². The number of carbonyl (C=O) groups is 1. The van der Waals surface area contributed by atoms with Gasteiger partial charge in [-0.25, -0.2) is 8.78 Å². The van der Waals surface area contributed by atoms with E-state index >= 15 is 0 Å². The van der Waals surface area contributed by atoms with Crippen LogP contribution in [0.2, 0.25) is 5.02 Å². The zero-order valence-electron chi connectivity index (χ0n) is 17.4. The molecule has 1 aliphatic rings. The molecule has 1 amide bonds. The van der Waals surface area contributed by atoms with Gasteiger partial charge in [-0.3, -0.25) is 14.8 Å². The van der Waals surface area contributed by atoms with Crippen LogP contribution in [-0.4, -0.2) is 40.9 Å². The molecule has 0 spiro atoms. The van der Waals surface area contributed by atoms with Gasteiger partial charge in [-0.15, -0.1) is 0 Å². The fourth-order valence-electron chi connectivity index (χ4n) is 3.59. The molecule has 0 fully saturated rings. The number of rotatable bonds is 7. The minimum Gasteiger partial charge on any atom is -0.394 e. The summed E-state index contributed by atoms with van der Waals surface area (Å²) < 4.78 is 28.2. The fraction of sp³-hybridized carbons (Fsp3) is 0.160. The number of aliphatic imine (C=N–C) groups is 1. The third-order valence-corrected chi connectivity index (χ3v) is 5.61. The van der Waals surface area contributed by atoms with Crippen LogP contribution in [0.15, 0.2) is 77.9 Å². The molecule has 1 unspecified atom stereocenters. The summed E-state index contributed by atoms with van der Waals surface area (Å²) in [7, 11) is 0. The normalized spacial score (nSPS) is 14.9. The number of aliphatic hydroxyl groups is 1. The van der Waals surface area contributed by atoms with E-state index in [4.69, 9.17) is 11.6 Å². The Labute approximate surface area is 194 Å². The van der Waals surface area contributed by atoms with Gasteiger partial charge in [0, 0.05) is 11.8 Å². The molecule has 2 aromatic carbocycles. The maximum absolute atomic E-state index is 14.9. The molecular weight excluding hydrogens is 448 g/mol. The second-order valence-electron chi connectivity index (χ2n) is 7.46. The highest BCUT2D eigenvalue weighted by Crippen LogP contribution is 2.28. The summed E-state index contributed by atoms with van der Waals surface area (Å²) in [6, 6.07) is 14.4. The van der Waals surface area contributed by atoms with E-state index in [1.807, 2.05) is 0 Å². The summed E-state index contributed by atoms with van der Waals surface area (Å²) in [4.78, 5) is 21.5. The molecule has 0 bridgehead atoms. The summed E-state index contributed by atoms with van der Waals surface area (Å²) in [6.07, 6.45) is 1.54. The second kappa shape index (κ2) is 10.0. The number of hydrogen-bond donors (Lipinski definition) is 2. The number of hydrogen-bond acceptors (Lipinski definition) is 4. The van der Waals surface area contributed by atoms with Crippen molar-refractivity contribution in [2.75, 3.05) is 13.2 Å². The quantitative estimate of drug-likeness (QED) is 0.535. The standard InChI is InChI=1S/C25H20ClF2N3O2/c26-19-5-3-4-18(25(33)31-22(14-32)24(28)20-6-1-2-11-29-20)23(19)21-12-16(13-30-21)15-7-9-17(27)10-8-15/h1-12,22,24,32H,13-14H2,(H,31,33)/t22-,24?/m0/s1. The highest BCUT2D eigenvalue weighted by Gasteiger charge is 2.28. The molecule has 4 rings (SSSR count). The number of aromatic nitrogens is 1. The minimum absolute atomic E-state index is 0.107. The summed E-state index contributed by atoms with van der Waals surface area (Å²) >= 11 is 6.42. The molecule has 8 heteroatoms. The number of amides is 1. The largest absolute Gasteiger partial charge is 0.394 e. The van der Waals surface area contributed by atoms with Crippen molar-refractivity contribution in [3.8, 4) is 0 Å². The summed E-state index contributed by atoms with van der Waals surface area (Å²) in [6.45, 7) is -0.270. The number of halogens is 3. The molecule has 2 N–H and O–H groups in total. The molecular formula is C25H20ClF2N3O2. The minimum atomic E-state index is -1.70. The van der Waals surface area contributed by atoms with Crippen molar-refractivity contribution in [3.63, 3.8) is 0 Å². The topological polar surface area (TPSA) is 74.6 Å². The Bertz CT molecular complexity index is 1210. The van der Waals surface area contributed by atoms with Gasteiger partial charge in [-0.05, 0) is 53.6 Å². The first-order valence-corrected chi connectivity index (χ1v) is 10.6. The zero-order chi connectivity index (χ0) is 23.4. The first kappa shape index (κ1) is 22.8. The van der Waals surface area contributed by atoms with Crippen molar-refractivity contribution >= 4 is 28.8 Å². The summed E-state index contributed by atoms with van der Waals surface area (Å²) in [5.74, 6) is -0.935. The molecule has 3 aromatic rings. The van der Waals surface area contributed by atoms with Crippen LogP contribution >= 0.6 is 11.6 Å². The van der Waals surface area contributed by atoms with Crippen LogP contribution in [0.1, 0.15) is 33.4 Å². The van der Waals surface area contributed by atoms with Gasteiger partial charge < -0.3 is 10.4 Å². The number of nitrogens with zero attached hydrogens (tertiary/aromatic N) is 2. The smallest absolute Gasteiger partial charge is 0.252 e. The fourth-order valence-corrected chi connectivity index (χ4v) is 3.86. The van der Waals surface area contributed by atoms with E-state index in [1.54, 1.807) is 48.5 Å². The van der Waals surface area contributed by atoms with Crippen LogP contribution in [0.3, 0.4) is 0 Å². The van der Waals surface area contributed by atoms with Gasteiger partial charge in [0.25, 0.3) is 5.91 Å². The number of aliphatic hydroxyl groups excluding tert-OH is 1. The predicted molar refractivity (Wildman–Crippen MR) is 124 cm³/mol. The van der Waals surface area contributed by atoms with Crippen molar-refractivity contribution in [1.29, 1.82) is 0 Å². The Morgan fingerprint density at radius 2 is 1.91 bits per heavy atom. The first-order chi connectivity index (χ1) is 16.0. The Morgan fingerprint density at radius 3 is 2.61 bits per heavy atom. The Morgan fingerprint density at radius 1 is 1.12 bits per heavy atom. The van der Waals surface area contributed by atoms with Gasteiger partial charge in [0.05, 0.1) is 41.2 Å². The molecule has 33 heavy (non-hydrogen) atoms. The van der Waals surface area contributed by atoms with Gasteiger partial charge >= 0.3 is 0 Å². The lowest BCUT2D eigenvalue weighted by atomic mass is 9.99. The Balaban J connectivity index is 1.60. The number of alkyl halides is 1. The van der Waals surface area contributed by atoms with Crippen molar-refractivity contribution in [2.45, 2.75) is 12.2 Å². The first-order valence-electron chi connectivity index (χ1n) is 10.2. The molecule has 0 saturated heterocycles. The number of nitrogens with one attached hydrogen (secondary N) is 1. The summed E-state index contributed by atoms with van der Waals surface area (Å²) in [5.41, 5.74) is 2.86. The SMILES string of the molecule is O=C(N[C@@H](CO)C(F)c1ccccn1)c1cccc(Cl)c1C1=NCC(c2ccc(F)cc2)=C1. The Hall–Kier alpha value is -3.42. The maximum atomic E-state index is 14.9. The lowest BCUT2D eigenvalue weighted by Crippen LogP contribution is -2.41. The molecule has 0 radical (unpaired) electrons. The van der Waals surface area contributed by atoms with Crippen molar-refractivity contribution in [3.05, 3.63) is 106 Å². The molecule has 168 valence electrons. The van der Waals surface area contributed by atoms with Crippen LogP contribution in [0, 0.1) is 5.82 Å².